The van der Waals surface area contributed by atoms with Crippen LogP contribution in [0.4, 0.5) is 11.4 Å². The van der Waals surface area contributed by atoms with Crippen LogP contribution in [0.25, 0.3) is 10.2 Å². The molecule has 3 N–H and O–H groups in total. The summed E-state index contributed by atoms with van der Waals surface area (Å²) in [6, 6.07) is 4.13. The van der Waals surface area contributed by atoms with Gasteiger partial charge in [-0.3, -0.25) is 0 Å². The van der Waals surface area contributed by atoms with Crippen molar-refractivity contribution in [2.75, 3.05) is 30.8 Å². The number of benzene rings is 1. The highest BCUT2D eigenvalue weighted by molar-refractivity contribution is 7.16. The van der Waals surface area contributed by atoms with Gasteiger partial charge in [0.1, 0.15) is 5.52 Å². The first-order chi connectivity index (χ1) is 8.84. The number of aromatic nitrogens is 1. The van der Waals surface area contributed by atoms with E-state index in [0.717, 1.165) is 54.2 Å². The number of anilines is 2. The molecule has 1 aromatic heterocycles. The molecule has 0 unspecified atom stereocenters. The maximum atomic E-state index is 6.14. The first-order valence-corrected chi connectivity index (χ1v) is 7.16. The van der Waals surface area contributed by atoms with Gasteiger partial charge in [-0.25, -0.2) is 4.98 Å². The predicted octanol–water partition coefficient (Wildman–Crippen LogP) is 2.72. The molecule has 3 rings (SSSR count). The summed E-state index contributed by atoms with van der Waals surface area (Å²) in [4.78, 5) is 4.31. The number of nitrogen functional groups attached to an aromatic ring is 1. The van der Waals surface area contributed by atoms with Gasteiger partial charge in [-0.15, -0.1) is 11.3 Å². The fourth-order valence-corrected chi connectivity index (χ4v) is 3.00. The third-order valence-electron chi connectivity index (χ3n) is 3.46. The Morgan fingerprint density at radius 1 is 1.39 bits per heavy atom. The second kappa shape index (κ2) is 5.12. The maximum Gasteiger partial charge on any atom is 0.106 e. The summed E-state index contributed by atoms with van der Waals surface area (Å²) in [5.74, 6) is 0.685. The Morgan fingerprint density at radius 2 is 2.22 bits per heavy atom. The Balaban J connectivity index is 1.71. The number of ether oxygens (including phenoxy) is 1. The lowest BCUT2D eigenvalue weighted by Crippen LogP contribution is -2.22. The van der Waals surface area contributed by atoms with Crippen LogP contribution in [0.2, 0.25) is 0 Å². The molecular formula is C13H17N3OS. The van der Waals surface area contributed by atoms with Crippen molar-refractivity contribution in [3.05, 3.63) is 17.6 Å². The Kier molecular flexibility index (Phi) is 3.34. The van der Waals surface area contributed by atoms with Crippen LogP contribution >= 0.6 is 11.3 Å². The number of hydrogen-bond acceptors (Lipinski definition) is 5. The van der Waals surface area contributed by atoms with E-state index in [1.807, 2.05) is 5.51 Å². The molecule has 1 aliphatic heterocycles. The van der Waals surface area contributed by atoms with E-state index in [1.54, 1.807) is 11.3 Å². The summed E-state index contributed by atoms with van der Waals surface area (Å²) >= 11 is 1.62. The van der Waals surface area contributed by atoms with Crippen molar-refractivity contribution in [3.8, 4) is 0 Å². The first-order valence-electron chi connectivity index (χ1n) is 6.28. The number of hydrogen-bond donors (Lipinski definition) is 2. The molecule has 4 nitrogen and oxygen atoms in total. The second-order valence-electron chi connectivity index (χ2n) is 4.66. The van der Waals surface area contributed by atoms with Crippen molar-refractivity contribution < 1.29 is 4.74 Å². The van der Waals surface area contributed by atoms with Crippen LogP contribution in [0.15, 0.2) is 17.6 Å². The third-order valence-corrected chi connectivity index (χ3v) is 4.26. The molecule has 0 spiro atoms. The standard InChI is InChI=1S/C13H17N3OS/c14-12-10(1-2-11-13(12)16-8-18-11)15-7-9-3-5-17-6-4-9/h1-2,8-9,15H,3-7,14H2. The van der Waals surface area contributed by atoms with Gasteiger partial charge in [-0.2, -0.15) is 0 Å². The number of rotatable bonds is 3. The van der Waals surface area contributed by atoms with Crippen molar-refractivity contribution in [1.29, 1.82) is 0 Å². The van der Waals surface area contributed by atoms with E-state index >= 15 is 0 Å². The molecular weight excluding hydrogens is 246 g/mol. The SMILES string of the molecule is Nc1c(NCC2CCOCC2)ccc2scnc12. The largest absolute Gasteiger partial charge is 0.395 e. The predicted molar refractivity (Wildman–Crippen MR) is 76.1 cm³/mol. The Bertz CT molecular complexity index is 534. The van der Waals surface area contributed by atoms with E-state index in [0.29, 0.717) is 5.92 Å². The smallest absolute Gasteiger partial charge is 0.106 e. The fraction of sp³-hybridized carbons (Fsp3) is 0.462. The van der Waals surface area contributed by atoms with Gasteiger partial charge in [-0.05, 0) is 30.9 Å². The van der Waals surface area contributed by atoms with Crippen LogP contribution < -0.4 is 11.1 Å². The minimum absolute atomic E-state index is 0.685. The molecule has 1 aromatic carbocycles. The molecule has 18 heavy (non-hydrogen) atoms. The quantitative estimate of drug-likeness (QED) is 0.836. The van der Waals surface area contributed by atoms with Gasteiger partial charge < -0.3 is 15.8 Å². The maximum absolute atomic E-state index is 6.14. The van der Waals surface area contributed by atoms with Gasteiger partial charge in [0, 0.05) is 19.8 Å². The molecule has 5 heteroatoms. The molecule has 0 aliphatic carbocycles. The topological polar surface area (TPSA) is 60.2 Å². The average Bonchev–Trinajstić information content (AvgIpc) is 2.88. The third kappa shape index (κ3) is 2.28. The molecule has 0 radical (unpaired) electrons. The molecule has 0 bridgehead atoms. The highest BCUT2D eigenvalue weighted by atomic mass is 32.1. The number of nitrogens with one attached hydrogen (secondary N) is 1. The van der Waals surface area contributed by atoms with Crippen LogP contribution in [-0.2, 0) is 4.74 Å². The zero-order valence-corrected chi connectivity index (χ0v) is 11.0. The van der Waals surface area contributed by atoms with E-state index in [2.05, 4.69) is 22.4 Å². The van der Waals surface area contributed by atoms with E-state index < -0.39 is 0 Å². The van der Waals surface area contributed by atoms with Crippen molar-refractivity contribution in [2.24, 2.45) is 5.92 Å². The van der Waals surface area contributed by atoms with Gasteiger partial charge >= 0.3 is 0 Å². The fourth-order valence-electron chi connectivity index (χ4n) is 2.31. The van der Waals surface area contributed by atoms with Gasteiger partial charge in [-0.1, -0.05) is 0 Å². The van der Waals surface area contributed by atoms with Gasteiger partial charge in [0.15, 0.2) is 0 Å². The van der Waals surface area contributed by atoms with E-state index in [9.17, 15) is 0 Å². The van der Waals surface area contributed by atoms with Crippen LogP contribution in [0.5, 0.6) is 0 Å². The average molecular weight is 263 g/mol. The lowest BCUT2D eigenvalue weighted by Gasteiger charge is -2.23. The number of thiazole rings is 1. The Morgan fingerprint density at radius 3 is 3.06 bits per heavy atom. The molecule has 0 saturated carbocycles. The highest BCUT2D eigenvalue weighted by Gasteiger charge is 2.14. The minimum atomic E-state index is 0.685. The van der Waals surface area contributed by atoms with Crippen molar-refractivity contribution in [3.63, 3.8) is 0 Å². The molecule has 0 atom stereocenters. The lowest BCUT2D eigenvalue weighted by molar-refractivity contribution is 0.0699. The number of fused-ring (bicyclic) bond motifs is 1. The minimum Gasteiger partial charge on any atom is -0.395 e. The summed E-state index contributed by atoms with van der Waals surface area (Å²) in [6.45, 7) is 2.73. The number of nitrogens with zero attached hydrogens (tertiary/aromatic N) is 1. The van der Waals surface area contributed by atoms with Crippen LogP contribution in [0.3, 0.4) is 0 Å². The molecule has 0 amide bonds. The zero-order valence-electron chi connectivity index (χ0n) is 10.2. The number of nitrogens with two attached hydrogens (primary N) is 1. The molecule has 1 aliphatic rings. The molecule has 1 fully saturated rings. The summed E-state index contributed by atoms with van der Waals surface area (Å²) in [6.07, 6.45) is 2.26. The van der Waals surface area contributed by atoms with E-state index in [-0.39, 0.29) is 0 Å². The van der Waals surface area contributed by atoms with E-state index in [4.69, 9.17) is 10.5 Å². The van der Waals surface area contributed by atoms with Crippen LogP contribution in [0.1, 0.15) is 12.8 Å². The first kappa shape index (κ1) is 11.7. The normalized spacial score (nSPS) is 17.1. The highest BCUT2D eigenvalue weighted by Crippen LogP contribution is 2.30. The van der Waals surface area contributed by atoms with Crippen LogP contribution in [0, 0.1) is 5.92 Å². The molecule has 2 heterocycles. The summed E-state index contributed by atoms with van der Waals surface area (Å²) in [5, 5.41) is 3.45. The van der Waals surface area contributed by atoms with Crippen molar-refractivity contribution >= 4 is 32.9 Å². The summed E-state index contributed by atoms with van der Waals surface area (Å²) < 4.78 is 6.50. The van der Waals surface area contributed by atoms with Crippen LogP contribution in [-0.4, -0.2) is 24.7 Å². The second-order valence-corrected chi connectivity index (χ2v) is 5.55. The van der Waals surface area contributed by atoms with E-state index in [1.165, 1.54) is 0 Å². The Labute approximate surface area is 110 Å². The monoisotopic (exact) mass is 263 g/mol. The zero-order chi connectivity index (χ0) is 12.4. The van der Waals surface area contributed by atoms with Crippen molar-refractivity contribution in [2.45, 2.75) is 12.8 Å². The lowest BCUT2D eigenvalue weighted by atomic mass is 10.0. The van der Waals surface area contributed by atoms with Gasteiger partial charge in [0.05, 0.1) is 21.6 Å². The van der Waals surface area contributed by atoms with Crippen molar-refractivity contribution in [1.82, 2.24) is 4.98 Å². The molecule has 96 valence electrons. The van der Waals surface area contributed by atoms with Gasteiger partial charge in [0.25, 0.3) is 0 Å². The summed E-state index contributed by atoms with van der Waals surface area (Å²) in [5.41, 5.74) is 10.7. The molecule has 2 aromatic rings. The van der Waals surface area contributed by atoms with Gasteiger partial charge in [0.2, 0.25) is 0 Å². The molecule has 1 saturated heterocycles. The summed E-state index contributed by atoms with van der Waals surface area (Å²) in [7, 11) is 0. The Hall–Kier alpha value is -1.33.